The van der Waals surface area contributed by atoms with E-state index >= 15 is 0 Å². The molecule has 0 atom stereocenters. The minimum absolute atomic E-state index is 0.0807. The predicted molar refractivity (Wildman–Crippen MR) is 97.7 cm³/mol. The number of para-hydroxylation sites is 1. The molecule has 130 valence electrons. The van der Waals surface area contributed by atoms with Crippen LogP contribution in [0.2, 0.25) is 0 Å². The highest BCUT2D eigenvalue weighted by molar-refractivity contribution is 5.83. The van der Waals surface area contributed by atoms with Crippen LogP contribution < -0.4 is 10.6 Å². The summed E-state index contributed by atoms with van der Waals surface area (Å²) in [5.41, 5.74) is 2.92. The highest BCUT2D eigenvalue weighted by atomic mass is 19.1. The zero-order valence-corrected chi connectivity index (χ0v) is 14.0. The number of fused-ring (bicyclic) bond motifs is 1. The predicted octanol–water partition coefficient (Wildman–Crippen LogP) is 3.15. The van der Waals surface area contributed by atoms with Gasteiger partial charge in [0.15, 0.2) is 0 Å². The number of halogens is 1. The number of aromatic amines is 1. The molecule has 0 saturated carbocycles. The van der Waals surface area contributed by atoms with Gasteiger partial charge in [0.2, 0.25) is 5.91 Å². The van der Waals surface area contributed by atoms with E-state index in [1.807, 2.05) is 18.3 Å². The average molecular weight is 339 g/mol. The molecule has 25 heavy (non-hydrogen) atoms. The molecule has 2 aromatic carbocycles. The fourth-order valence-electron chi connectivity index (χ4n) is 2.81. The number of carbonyl (C=O) groups excluding carboxylic acids is 1. The maximum absolute atomic E-state index is 13.5. The molecule has 0 fully saturated rings. The van der Waals surface area contributed by atoms with Crippen molar-refractivity contribution in [2.45, 2.75) is 19.4 Å². The van der Waals surface area contributed by atoms with Crippen LogP contribution in [-0.2, 0) is 17.8 Å². The first kappa shape index (κ1) is 17.2. The molecule has 3 N–H and O–H groups in total. The van der Waals surface area contributed by atoms with Gasteiger partial charge in [-0.25, -0.2) is 4.39 Å². The van der Waals surface area contributed by atoms with Crippen LogP contribution in [0.1, 0.15) is 17.5 Å². The Labute approximate surface area is 146 Å². The lowest BCUT2D eigenvalue weighted by molar-refractivity contribution is -0.121. The van der Waals surface area contributed by atoms with Crippen LogP contribution in [0.4, 0.5) is 4.39 Å². The fourth-order valence-corrected chi connectivity index (χ4v) is 2.81. The summed E-state index contributed by atoms with van der Waals surface area (Å²) in [4.78, 5) is 15.1. The summed E-state index contributed by atoms with van der Waals surface area (Å²) < 4.78 is 13.5. The monoisotopic (exact) mass is 339 g/mol. The van der Waals surface area contributed by atoms with Crippen LogP contribution in [0.25, 0.3) is 10.9 Å². The van der Waals surface area contributed by atoms with Crippen molar-refractivity contribution in [3.63, 3.8) is 0 Å². The maximum atomic E-state index is 13.5. The largest absolute Gasteiger partial charge is 0.361 e. The summed E-state index contributed by atoms with van der Waals surface area (Å²) in [7, 11) is 0. The van der Waals surface area contributed by atoms with E-state index in [9.17, 15) is 9.18 Å². The molecule has 4 nitrogen and oxygen atoms in total. The van der Waals surface area contributed by atoms with Crippen molar-refractivity contribution in [2.24, 2.45) is 0 Å². The highest BCUT2D eigenvalue weighted by Crippen LogP contribution is 2.17. The second kappa shape index (κ2) is 8.44. The van der Waals surface area contributed by atoms with Crippen LogP contribution >= 0.6 is 0 Å². The third-order valence-electron chi connectivity index (χ3n) is 4.21. The van der Waals surface area contributed by atoms with Crippen molar-refractivity contribution >= 4 is 16.8 Å². The van der Waals surface area contributed by atoms with Crippen molar-refractivity contribution in [2.75, 3.05) is 13.1 Å². The number of benzene rings is 2. The Morgan fingerprint density at radius 1 is 1.00 bits per heavy atom. The van der Waals surface area contributed by atoms with E-state index in [1.165, 1.54) is 17.0 Å². The number of nitrogens with one attached hydrogen (secondary N) is 3. The number of H-pyrrole nitrogens is 1. The lowest BCUT2D eigenvalue weighted by atomic mass is 10.1. The maximum Gasteiger partial charge on any atom is 0.221 e. The Balaban J connectivity index is 1.34. The number of carbonyl (C=O) groups is 1. The van der Waals surface area contributed by atoms with E-state index in [0.29, 0.717) is 18.5 Å². The first-order chi connectivity index (χ1) is 12.2. The molecule has 0 saturated heterocycles. The van der Waals surface area contributed by atoms with Gasteiger partial charge in [0.25, 0.3) is 0 Å². The zero-order valence-electron chi connectivity index (χ0n) is 14.0. The fraction of sp³-hybridized carbons (Fsp3) is 0.250. The summed E-state index contributed by atoms with van der Waals surface area (Å²) in [5.74, 6) is -0.373. The van der Waals surface area contributed by atoms with Crippen molar-refractivity contribution < 1.29 is 9.18 Å². The smallest absolute Gasteiger partial charge is 0.221 e. The van der Waals surface area contributed by atoms with Gasteiger partial charge in [-0.15, -0.1) is 0 Å². The van der Waals surface area contributed by atoms with E-state index in [2.05, 4.69) is 27.8 Å². The summed E-state index contributed by atoms with van der Waals surface area (Å²) in [5, 5.41) is 7.27. The molecule has 0 aliphatic rings. The number of hydrogen-bond acceptors (Lipinski definition) is 2. The molecule has 0 radical (unpaired) electrons. The van der Waals surface area contributed by atoms with Crippen LogP contribution in [0.3, 0.4) is 0 Å². The molecule has 0 bridgehead atoms. The molecular formula is C20H22FN3O. The molecule has 3 rings (SSSR count). The molecule has 0 spiro atoms. The van der Waals surface area contributed by atoms with Gasteiger partial charge in [-0.3, -0.25) is 4.79 Å². The quantitative estimate of drug-likeness (QED) is 0.552. The Bertz CT molecular complexity index is 844. The van der Waals surface area contributed by atoms with Crippen molar-refractivity contribution in [1.82, 2.24) is 15.6 Å². The van der Waals surface area contributed by atoms with Gasteiger partial charge in [-0.05, 0) is 30.7 Å². The molecule has 5 heteroatoms. The normalized spacial score (nSPS) is 10.9. The molecular weight excluding hydrogens is 317 g/mol. The lowest BCUT2D eigenvalue weighted by Gasteiger charge is -2.07. The van der Waals surface area contributed by atoms with Crippen LogP contribution in [0.15, 0.2) is 54.7 Å². The third-order valence-corrected chi connectivity index (χ3v) is 4.21. The van der Waals surface area contributed by atoms with Gasteiger partial charge in [0.05, 0.1) is 0 Å². The van der Waals surface area contributed by atoms with Gasteiger partial charge in [0.1, 0.15) is 5.82 Å². The van der Waals surface area contributed by atoms with E-state index in [-0.39, 0.29) is 18.3 Å². The van der Waals surface area contributed by atoms with Crippen LogP contribution in [0.5, 0.6) is 0 Å². The third kappa shape index (κ3) is 4.67. The van der Waals surface area contributed by atoms with E-state index in [4.69, 9.17) is 0 Å². The topological polar surface area (TPSA) is 56.9 Å². The second-order valence-electron chi connectivity index (χ2n) is 5.98. The van der Waals surface area contributed by atoms with Gasteiger partial charge >= 0.3 is 0 Å². The summed E-state index contributed by atoms with van der Waals surface area (Å²) in [6, 6.07) is 14.7. The van der Waals surface area contributed by atoms with Crippen LogP contribution in [-0.4, -0.2) is 24.0 Å². The highest BCUT2D eigenvalue weighted by Gasteiger charge is 2.05. The van der Waals surface area contributed by atoms with E-state index in [1.54, 1.807) is 18.2 Å². The second-order valence-corrected chi connectivity index (χ2v) is 5.98. The van der Waals surface area contributed by atoms with Gasteiger partial charge in [-0.1, -0.05) is 36.4 Å². The number of rotatable bonds is 8. The molecule has 0 unspecified atom stereocenters. The molecule has 1 heterocycles. The molecule has 0 aliphatic carbocycles. The first-order valence-electron chi connectivity index (χ1n) is 8.50. The Morgan fingerprint density at radius 2 is 1.80 bits per heavy atom. The molecule has 3 aromatic rings. The first-order valence-corrected chi connectivity index (χ1v) is 8.50. The lowest BCUT2D eigenvalue weighted by Crippen LogP contribution is -2.28. The minimum Gasteiger partial charge on any atom is -0.361 e. The van der Waals surface area contributed by atoms with Gasteiger partial charge in [0, 0.05) is 42.2 Å². The Hall–Kier alpha value is -2.66. The molecule has 1 aromatic heterocycles. The Morgan fingerprint density at radius 3 is 2.68 bits per heavy atom. The molecule has 1 amide bonds. The zero-order chi connectivity index (χ0) is 17.5. The number of amides is 1. The minimum atomic E-state index is -0.292. The number of aromatic nitrogens is 1. The van der Waals surface area contributed by atoms with E-state index < -0.39 is 0 Å². The summed E-state index contributed by atoms with van der Waals surface area (Å²) >= 11 is 0. The van der Waals surface area contributed by atoms with Crippen molar-refractivity contribution in [3.05, 3.63) is 71.7 Å². The summed E-state index contributed by atoms with van der Waals surface area (Å²) in [6.45, 7) is 1.63. The van der Waals surface area contributed by atoms with Gasteiger partial charge in [-0.2, -0.15) is 0 Å². The van der Waals surface area contributed by atoms with Crippen molar-refractivity contribution in [1.29, 1.82) is 0 Å². The molecule has 0 aliphatic heterocycles. The SMILES string of the molecule is O=C(CCNCCc1c[nH]c2ccccc12)NCc1ccccc1F. The summed E-state index contributed by atoms with van der Waals surface area (Å²) in [6.07, 6.45) is 3.32. The standard InChI is InChI=1S/C20H22FN3O/c21-18-7-3-1-5-16(18)14-24-20(25)10-12-22-11-9-15-13-23-19-8-4-2-6-17(15)19/h1-8,13,22-23H,9-12,14H2,(H,24,25). The van der Waals surface area contributed by atoms with Gasteiger partial charge < -0.3 is 15.6 Å². The van der Waals surface area contributed by atoms with Crippen LogP contribution in [0, 0.1) is 5.82 Å². The number of hydrogen-bond donors (Lipinski definition) is 3. The van der Waals surface area contributed by atoms with E-state index in [0.717, 1.165) is 18.5 Å². The Kier molecular flexibility index (Phi) is 5.80. The average Bonchev–Trinajstić information content (AvgIpc) is 3.04. The van der Waals surface area contributed by atoms with Crippen molar-refractivity contribution in [3.8, 4) is 0 Å².